The summed E-state index contributed by atoms with van der Waals surface area (Å²) in [6.45, 7) is 10.4. The minimum Gasteiger partial charge on any atom is -0.520 e. The summed E-state index contributed by atoms with van der Waals surface area (Å²) in [5.74, 6) is 0.544. The zero-order valence-corrected chi connectivity index (χ0v) is 13.2. The second-order valence-electron chi connectivity index (χ2n) is 4.76. The van der Waals surface area contributed by atoms with E-state index >= 15 is 0 Å². The van der Waals surface area contributed by atoms with Crippen molar-refractivity contribution in [3.05, 3.63) is 53.8 Å². The van der Waals surface area contributed by atoms with Crippen LogP contribution < -0.4 is 0 Å². The van der Waals surface area contributed by atoms with Crippen LogP contribution >= 0.6 is 11.8 Å². The molecule has 0 aromatic heterocycles. The molecule has 0 heterocycles. The summed E-state index contributed by atoms with van der Waals surface area (Å²) in [5, 5.41) is 0. The van der Waals surface area contributed by atoms with E-state index < -0.39 is 8.32 Å². The first-order chi connectivity index (χ1) is 8.40. The quantitative estimate of drug-likeness (QED) is 0.327. The molecule has 0 unspecified atom stereocenters. The smallest absolute Gasteiger partial charge is 0.266 e. The highest BCUT2D eigenvalue weighted by atomic mass is 32.2. The molecule has 0 fully saturated rings. The number of rotatable bonds is 6. The summed E-state index contributed by atoms with van der Waals surface area (Å²) < 4.78 is 11.0. The second kappa shape index (κ2) is 6.71. The maximum atomic E-state index is 5.80. The van der Waals surface area contributed by atoms with Crippen LogP contribution in [0.25, 0.3) is 0 Å². The molecule has 0 bridgehead atoms. The van der Waals surface area contributed by atoms with Crippen molar-refractivity contribution >= 4 is 20.1 Å². The molecule has 18 heavy (non-hydrogen) atoms. The van der Waals surface area contributed by atoms with Gasteiger partial charge in [-0.15, -0.1) is 0 Å². The van der Waals surface area contributed by atoms with Gasteiger partial charge in [0.15, 0.2) is 0 Å². The highest BCUT2D eigenvalue weighted by Crippen LogP contribution is 2.27. The Morgan fingerprint density at radius 1 is 1.22 bits per heavy atom. The fourth-order valence-electron chi connectivity index (χ4n) is 1.23. The lowest BCUT2D eigenvalue weighted by Crippen LogP contribution is -2.25. The summed E-state index contributed by atoms with van der Waals surface area (Å²) >= 11 is 1.60. The van der Waals surface area contributed by atoms with Crippen LogP contribution in [0.1, 0.15) is 0 Å². The Bertz CT molecular complexity index is 421. The van der Waals surface area contributed by atoms with Crippen molar-refractivity contribution in [1.29, 1.82) is 0 Å². The van der Waals surface area contributed by atoms with Gasteiger partial charge in [0, 0.05) is 15.9 Å². The van der Waals surface area contributed by atoms with Gasteiger partial charge in [-0.1, -0.05) is 36.5 Å². The highest BCUT2D eigenvalue weighted by molar-refractivity contribution is 8.03. The van der Waals surface area contributed by atoms with Crippen LogP contribution in [-0.4, -0.2) is 15.4 Å². The van der Waals surface area contributed by atoms with Crippen LogP contribution in [0.2, 0.25) is 19.6 Å². The third-order valence-corrected chi connectivity index (χ3v) is 3.58. The third kappa shape index (κ3) is 5.98. The molecule has 0 aliphatic carbocycles. The standard InChI is InChI=1S/C14H20O2SSi/c1-12(17-13-9-7-6-8-10-13)11-14(15-2)16-18(3,4)5/h6-11H,1H2,2-5H3/b14-11-. The van der Waals surface area contributed by atoms with Gasteiger partial charge in [-0.3, -0.25) is 0 Å². The van der Waals surface area contributed by atoms with E-state index in [1.807, 2.05) is 24.3 Å². The van der Waals surface area contributed by atoms with E-state index in [4.69, 9.17) is 9.16 Å². The van der Waals surface area contributed by atoms with Crippen LogP contribution in [0, 0.1) is 0 Å². The highest BCUT2D eigenvalue weighted by Gasteiger charge is 2.18. The number of hydrogen-bond acceptors (Lipinski definition) is 3. The monoisotopic (exact) mass is 280 g/mol. The summed E-state index contributed by atoms with van der Waals surface area (Å²) in [5.41, 5.74) is 0. The zero-order valence-electron chi connectivity index (χ0n) is 11.4. The van der Waals surface area contributed by atoms with Crippen molar-refractivity contribution in [3.63, 3.8) is 0 Å². The number of methoxy groups -OCH3 is 1. The van der Waals surface area contributed by atoms with E-state index in [9.17, 15) is 0 Å². The van der Waals surface area contributed by atoms with Crippen LogP contribution in [-0.2, 0) is 9.16 Å². The molecule has 1 aromatic carbocycles. The predicted molar refractivity (Wildman–Crippen MR) is 81.0 cm³/mol. The lowest BCUT2D eigenvalue weighted by molar-refractivity contribution is 0.147. The van der Waals surface area contributed by atoms with E-state index in [-0.39, 0.29) is 0 Å². The zero-order chi connectivity index (χ0) is 13.6. The van der Waals surface area contributed by atoms with Gasteiger partial charge in [-0.2, -0.15) is 0 Å². The summed E-state index contributed by atoms with van der Waals surface area (Å²) in [4.78, 5) is 2.05. The first-order valence-corrected chi connectivity index (χ1v) is 10.00. The number of benzene rings is 1. The van der Waals surface area contributed by atoms with Gasteiger partial charge in [0.05, 0.1) is 7.11 Å². The molecule has 2 nitrogen and oxygen atoms in total. The molecule has 98 valence electrons. The second-order valence-corrected chi connectivity index (χ2v) is 10.4. The van der Waals surface area contributed by atoms with Crippen molar-refractivity contribution in [2.24, 2.45) is 0 Å². The Morgan fingerprint density at radius 3 is 2.33 bits per heavy atom. The first-order valence-electron chi connectivity index (χ1n) is 5.77. The van der Waals surface area contributed by atoms with Gasteiger partial charge in [0.1, 0.15) is 0 Å². The number of thioether (sulfide) groups is 1. The van der Waals surface area contributed by atoms with Crippen molar-refractivity contribution in [1.82, 2.24) is 0 Å². The molecule has 1 aromatic rings. The van der Waals surface area contributed by atoms with Crippen molar-refractivity contribution in [2.45, 2.75) is 24.5 Å². The van der Waals surface area contributed by atoms with Crippen molar-refractivity contribution in [2.75, 3.05) is 7.11 Å². The molecule has 0 N–H and O–H groups in total. The number of ether oxygens (including phenoxy) is 1. The minimum absolute atomic E-state index is 0.544. The molecule has 0 saturated heterocycles. The average molecular weight is 280 g/mol. The van der Waals surface area contributed by atoms with Gasteiger partial charge in [0.2, 0.25) is 8.32 Å². The van der Waals surface area contributed by atoms with Crippen LogP contribution in [0.15, 0.2) is 58.7 Å². The van der Waals surface area contributed by atoms with Crippen LogP contribution in [0.3, 0.4) is 0 Å². The van der Waals surface area contributed by atoms with E-state index in [2.05, 4.69) is 38.4 Å². The maximum absolute atomic E-state index is 5.80. The topological polar surface area (TPSA) is 18.5 Å². The normalized spacial score (nSPS) is 12.1. The lowest BCUT2D eigenvalue weighted by atomic mass is 10.4. The van der Waals surface area contributed by atoms with Gasteiger partial charge in [-0.05, 0) is 31.8 Å². The number of allylic oxidation sites excluding steroid dienone is 1. The maximum Gasteiger partial charge on any atom is 0.266 e. The van der Waals surface area contributed by atoms with E-state index in [0.29, 0.717) is 5.95 Å². The Hall–Kier alpha value is -1.13. The van der Waals surface area contributed by atoms with Crippen LogP contribution in [0.4, 0.5) is 0 Å². The van der Waals surface area contributed by atoms with Crippen molar-refractivity contribution in [3.8, 4) is 0 Å². The summed E-state index contributed by atoms with van der Waals surface area (Å²) in [6.07, 6.45) is 1.84. The fourth-order valence-corrected chi connectivity index (χ4v) is 2.73. The molecule has 0 amide bonds. The van der Waals surface area contributed by atoms with Gasteiger partial charge in [0.25, 0.3) is 5.95 Å². The van der Waals surface area contributed by atoms with Gasteiger partial charge < -0.3 is 9.16 Å². The minimum atomic E-state index is -1.64. The third-order valence-electron chi connectivity index (χ3n) is 1.88. The largest absolute Gasteiger partial charge is 0.520 e. The molecule has 4 heteroatoms. The molecule has 0 aliphatic heterocycles. The molecule has 0 saturated carbocycles. The molecule has 1 rings (SSSR count). The van der Waals surface area contributed by atoms with E-state index in [1.54, 1.807) is 18.9 Å². The Kier molecular flexibility index (Phi) is 5.56. The van der Waals surface area contributed by atoms with E-state index in [1.165, 1.54) is 0 Å². The fraction of sp³-hybridized carbons (Fsp3) is 0.286. The predicted octanol–water partition coefficient (Wildman–Crippen LogP) is 4.63. The molecule has 0 radical (unpaired) electrons. The molecular weight excluding hydrogens is 260 g/mol. The van der Waals surface area contributed by atoms with Crippen LogP contribution in [0.5, 0.6) is 0 Å². The Balaban J connectivity index is 2.66. The average Bonchev–Trinajstić information content (AvgIpc) is 2.27. The number of hydrogen-bond donors (Lipinski definition) is 0. The van der Waals surface area contributed by atoms with Gasteiger partial charge >= 0.3 is 0 Å². The van der Waals surface area contributed by atoms with E-state index in [0.717, 1.165) is 9.80 Å². The molecule has 0 atom stereocenters. The Morgan fingerprint density at radius 2 is 1.83 bits per heavy atom. The lowest BCUT2D eigenvalue weighted by Gasteiger charge is -2.20. The first kappa shape index (κ1) is 14.9. The molecule has 0 aliphatic rings. The SMILES string of the molecule is C=C(/C=C(/OC)O[Si](C)(C)C)Sc1ccccc1. The summed E-state index contributed by atoms with van der Waals surface area (Å²) in [7, 11) is -0.0263. The van der Waals surface area contributed by atoms with Crippen molar-refractivity contribution < 1.29 is 9.16 Å². The molecular formula is C14H20O2SSi. The summed E-state index contributed by atoms with van der Waals surface area (Å²) in [6, 6.07) is 10.1. The molecule has 0 spiro atoms. The van der Waals surface area contributed by atoms with Gasteiger partial charge in [-0.25, -0.2) is 0 Å². The Labute approximate surface area is 115 Å².